The molecule has 0 aromatic carbocycles. The van der Waals surface area contributed by atoms with Crippen molar-refractivity contribution in [2.75, 3.05) is 0 Å². The predicted molar refractivity (Wildman–Crippen MR) is 43.3 cm³/mol. The molecule has 0 aliphatic carbocycles. The van der Waals surface area contributed by atoms with Crippen LogP contribution >= 0.6 is 0 Å². The van der Waals surface area contributed by atoms with Gasteiger partial charge >= 0.3 is 6.55 Å². The maximum absolute atomic E-state index is 12.0. The molecule has 0 aliphatic heterocycles. The third-order valence-corrected chi connectivity index (χ3v) is 1.45. The summed E-state index contributed by atoms with van der Waals surface area (Å²) in [6.45, 7) is 1.79. The number of hydrogen-bond acceptors (Lipinski definition) is 3. The molecule has 0 radical (unpaired) electrons. The molecule has 0 atom stereocenters. The van der Waals surface area contributed by atoms with Crippen LogP contribution in [0.2, 0.25) is 0 Å². The number of nitrogens with one attached hydrogen (secondary N) is 1. The highest BCUT2D eigenvalue weighted by Crippen LogP contribution is 2.07. The molecule has 4 nitrogen and oxygen atoms in total. The summed E-state index contributed by atoms with van der Waals surface area (Å²) in [6, 6.07) is 0.302. The van der Waals surface area contributed by atoms with E-state index in [1.807, 2.05) is 13.8 Å². The van der Waals surface area contributed by atoms with Gasteiger partial charge < -0.3 is 5.32 Å². The summed E-state index contributed by atoms with van der Waals surface area (Å²) in [5.41, 5.74) is 0.522. The van der Waals surface area contributed by atoms with Crippen LogP contribution in [0.3, 0.4) is 0 Å². The van der Waals surface area contributed by atoms with E-state index < -0.39 is 6.55 Å². The predicted octanol–water partition coefficient (Wildman–Crippen LogP) is 1.17. The molecular weight excluding hydrogens is 178 g/mol. The topological polar surface area (TPSA) is 42.7 Å². The van der Waals surface area contributed by atoms with Crippen molar-refractivity contribution in [3.63, 3.8) is 0 Å². The number of rotatable bonds is 4. The van der Waals surface area contributed by atoms with Gasteiger partial charge in [-0.05, 0) is 0 Å². The molecule has 1 rings (SSSR count). The minimum atomic E-state index is -2.61. The van der Waals surface area contributed by atoms with Crippen LogP contribution in [0.25, 0.3) is 0 Å². The highest BCUT2D eigenvalue weighted by molar-refractivity contribution is 4.91. The van der Waals surface area contributed by atoms with E-state index in [-0.39, 0.29) is 0 Å². The van der Waals surface area contributed by atoms with Gasteiger partial charge in [-0.3, -0.25) is 0 Å². The Balaban J connectivity index is 2.49. The van der Waals surface area contributed by atoms with Crippen LogP contribution < -0.4 is 5.32 Å². The van der Waals surface area contributed by atoms with Crippen molar-refractivity contribution in [2.24, 2.45) is 0 Å². The zero-order chi connectivity index (χ0) is 9.84. The van der Waals surface area contributed by atoms with Crippen LogP contribution in [0.5, 0.6) is 0 Å². The molecule has 0 unspecified atom stereocenters. The summed E-state index contributed by atoms with van der Waals surface area (Å²) in [6.07, 6.45) is 1.24. The fourth-order valence-electron chi connectivity index (χ4n) is 0.798. The molecular formula is C7H12F2N4. The lowest BCUT2D eigenvalue weighted by atomic mass is 10.3. The third kappa shape index (κ3) is 3.06. The van der Waals surface area contributed by atoms with E-state index in [9.17, 15) is 8.78 Å². The van der Waals surface area contributed by atoms with Crippen LogP contribution in [-0.4, -0.2) is 21.0 Å². The number of alkyl halides is 2. The largest absolute Gasteiger partial charge is 0.334 e. The van der Waals surface area contributed by atoms with Gasteiger partial charge in [-0.25, -0.2) is 0 Å². The lowest BCUT2D eigenvalue weighted by Gasteiger charge is -2.03. The van der Waals surface area contributed by atoms with Gasteiger partial charge in [0.05, 0.1) is 11.9 Å². The quantitative estimate of drug-likeness (QED) is 0.775. The summed E-state index contributed by atoms with van der Waals surface area (Å²) in [4.78, 5) is 0. The van der Waals surface area contributed by atoms with E-state index in [0.717, 1.165) is 0 Å². The standard InChI is InChI=1S/C7H12F2N4/c1-5(2)10-3-6-4-13(7(8)9)12-11-6/h4-5,7,10H,3H2,1-2H3. The third-order valence-electron chi connectivity index (χ3n) is 1.45. The molecule has 1 aromatic heterocycles. The lowest BCUT2D eigenvalue weighted by molar-refractivity contribution is 0.0546. The minimum Gasteiger partial charge on any atom is -0.309 e. The van der Waals surface area contributed by atoms with Crippen molar-refractivity contribution < 1.29 is 8.78 Å². The fraction of sp³-hybridized carbons (Fsp3) is 0.714. The van der Waals surface area contributed by atoms with Crippen LogP contribution in [-0.2, 0) is 6.54 Å². The number of halogens is 2. The number of nitrogens with zero attached hydrogens (tertiary/aromatic N) is 3. The first-order chi connectivity index (χ1) is 6.09. The molecule has 74 valence electrons. The molecule has 0 spiro atoms. The molecule has 0 amide bonds. The van der Waals surface area contributed by atoms with Crippen LogP contribution in [0.15, 0.2) is 6.20 Å². The van der Waals surface area contributed by atoms with Crippen LogP contribution in [0.4, 0.5) is 8.78 Å². The average molecular weight is 190 g/mol. The molecule has 0 saturated heterocycles. The molecule has 0 bridgehead atoms. The van der Waals surface area contributed by atoms with E-state index in [1.54, 1.807) is 0 Å². The first-order valence-corrected chi connectivity index (χ1v) is 4.02. The van der Waals surface area contributed by atoms with Crippen molar-refractivity contribution in [1.82, 2.24) is 20.3 Å². The van der Waals surface area contributed by atoms with E-state index >= 15 is 0 Å². The molecule has 1 N–H and O–H groups in total. The van der Waals surface area contributed by atoms with Crippen molar-refractivity contribution in [1.29, 1.82) is 0 Å². The van der Waals surface area contributed by atoms with Crippen molar-refractivity contribution in [3.05, 3.63) is 11.9 Å². The molecule has 0 saturated carbocycles. The Morgan fingerprint density at radius 2 is 2.23 bits per heavy atom. The van der Waals surface area contributed by atoms with Gasteiger partial charge in [-0.15, -0.1) is 5.10 Å². The smallest absolute Gasteiger partial charge is 0.309 e. The fourth-order valence-corrected chi connectivity index (χ4v) is 0.798. The van der Waals surface area contributed by atoms with Gasteiger partial charge in [0.25, 0.3) is 0 Å². The molecule has 6 heteroatoms. The molecule has 1 aromatic rings. The van der Waals surface area contributed by atoms with E-state index in [0.29, 0.717) is 23.0 Å². The lowest BCUT2D eigenvalue weighted by Crippen LogP contribution is -2.21. The molecule has 1 heterocycles. The summed E-state index contributed by atoms with van der Waals surface area (Å²) in [5.74, 6) is 0. The Hall–Kier alpha value is -1.04. The summed E-state index contributed by atoms with van der Waals surface area (Å²) in [5, 5.41) is 9.90. The second-order valence-corrected chi connectivity index (χ2v) is 3.00. The van der Waals surface area contributed by atoms with Crippen LogP contribution in [0.1, 0.15) is 26.1 Å². The first-order valence-electron chi connectivity index (χ1n) is 4.02. The van der Waals surface area contributed by atoms with Crippen molar-refractivity contribution in [2.45, 2.75) is 33.0 Å². The highest BCUT2D eigenvalue weighted by atomic mass is 19.3. The van der Waals surface area contributed by atoms with Crippen molar-refractivity contribution >= 4 is 0 Å². The number of hydrogen-bond donors (Lipinski definition) is 1. The first kappa shape index (κ1) is 10.0. The highest BCUT2D eigenvalue weighted by Gasteiger charge is 2.08. The van der Waals surface area contributed by atoms with Gasteiger partial charge in [0.1, 0.15) is 0 Å². The Bertz CT molecular complexity index is 259. The second-order valence-electron chi connectivity index (χ2n) is 3.00. The van der Waals surface area contributed by atoms with Crippen molar-refractivity contribution in [3.8, 4) is 0 Å². The Labute approximate surface area is 74.9 Å². The maximum Gasteiger partial charge on any atom is 0.334 e. The zero-order valence-corrected chi connectivity index (χ0v) is 7.54. The molecule has 0 aliphatic rings. The zero-order valence-electron chi connectivity index (χ0n) is 7.54. The minimum absolute atomic E-state index is 0.302. The van der Waals surface area contributed by atoms with Gasteiger partial charge in [0.2, 0.25) is 0 Å². The molecule has 0 fully saturated rings. The summed E-state index contributed by atoms with van der Waals surface area (Å²) < 4.78 is 24.6. The van der Waals surface area contributed by atoms with Gasteiger partial charge in [-0.1, -0.05) is 19.1 Å². The Morgan fingerprint density at radius 3 is 2.69 bits per heavy atom. The van der Waals surface area contributed by atoms with Gasteiger partial charge in [-0.2, -0.15) is 13.5 Å². The SMILES string of the molecule is CC(C)NCc1cn(C(F)F)nn1. The average Bonchev–Trinajstić information content (AvgIpc) is 2.48. The number of aromatic nitrogens is 3. The Kier molecular flexibility index (Phi) is 3.30. The Morgan fingerprint density at radius 1 is 1.54 bits per heavy atom. The van der Waals surface area contributed by atoms with E-state index in [1.165, 1.54) is 6.20 Å². The summed E-state index contributed by atoms with van der Waals surface area (Å²) in [7, 11) is 0. The van der Waals surface area contributed by atoms with Gasteiger partial charge in [0, 0.05) is 12.6 Å². The monoisotopic (exact) mass is 190 g/mol. The maximum atomic E-state index is 12.0. The second kappa shape index (κ2) is 4.27. The van der Waals surface area contributed by atoms with E-state index in [2.05, 4.69) is 15.6 Å². The molecule has 13 heavy (non-hydrogen) atoms. The van der Waals surface area contributed by atoms with Crippen LogP contribution in [0, 0.1) is 0 Å². The van der Waals surface area contributed by atoms with E-state index in [4.69, 9.17) is 0 Å². The van der Waals surface area contributed by atoms with Gasteiger partial charge in [0.15, 0.2) is 0 Å². The normalized spacial score (nSPS) is 11.5. The summed E-state index contributed by atoms with van der Waals surface area (Å²) >= 11 is 0.